The van der Waals surface area contributed by atoms with Crippen LogP contribution in [0, 0.1) is 0 Å². The third-order valence-electron chi connectivity index (χ3n) is 5.24. The maximum absolute atomic E-state index is 13.3. The van der Waals surface area contributed by atoms with Crippen molar-refractivity contribution < 1.29 is 8.09 Å². The van der Waals surface area contributed by atoms with Crippen LogP contribution in [-0.2, 0) is 23.6 Å². The number of rotatable bonds is 6. The van der Waals surface area contributed by atoms with E-state index in [9.17, 15) is 8.09 Å². The van der Waals surface area contributed by atoms with E-state index in [1.54, 1.807) is 0 Å². The second-order valence-corrected chi connectivity index (χ2v) is 9.45. The number of fused-ring (bicyclic) bond motifs is 1. The molecule has 1 aliphatic rings. The summed E-state index contributed by atoms with van der Waals surface area (Å²) in [7, 11) is -0.653. The van der Waals surface area contributed by atoms with E-state index in [0.717, 1.165) is 60.5 Å². The zero-order valence-electron chi connectivity index (χ0n) is 15.1. The van der Waals surface area contributed by atoms with Crippen LogP contribution in [0.5, 0.6) is 0 Å². The third-order valence-corrected chi connectivity index (χ3v) is 6.94. The Labute approximate surface area is 156 Å². The van der Waals surface area contributed by atoms with Crippen LogP contribution >= 0.6 is 12.3 Å². The average molecular weight is 384 g/mol. The van der Waals surface area contributed by atoms with Gasteiger partial charge in [-0.15, -0.1) is 3.89 Å². The molecule has 1 saturated heterocycles. The van der Waals surface area contributed by atoms with Crippen LogP contribution in [0.2, 0.25) is 0 Å². The molecule has 25 heavy (non-hydrogen) atoms. The molecule has 0 spiro atoms. The van der Waals surface area contributed by atoms with Crippen molar-refractivity contribution in [3.8, 4) is 0 Å². The van der Waals surface area contributed by atoms with Crippen LogP contribution in [0.25, 0.3) is 11.0 Å². The summed E-state index contributed by atoms with van der Waals surface area (Å²) in [5, 5.41) is 1.04. The van der Waals surface area contributed by atoms with Gasteiger partial charge in [0, 0.05) is 58.2 Å². The SMILES string of the molecule is CCc1ccc2c(CCC(C)(C)N3CCS(=O)CC3)cn(SF)c2n1. The van der Waals surface area contributed by atoms with Crippen molar-refractivity contribution in [1.29, 1.82) is 0 Å². The molecule has 0 radical (unpaired) electrons. The standard InChI is InChI=1S/C18H26FN3OS2/c1-4-15-5-6-16-14(13-22(24-19)17(16)20-15)7-8-18(2,3)21-9-11-25(23)12-10-21/h5-6,13H,4,7-12H2,1-3H3. The molecule has 4 nitrogen and oxygen atoms in total. The van der Waals surface area contributed by atoms with Crippen molar-refractivity contribution in [2.45, 2.75) is 45.6 Å². The second-order valence-electron chi connectivity index (χ2n) is 7.22. The van der Waals surface area contributed by atoms with E-state index in [4.69, 9.17) is 0 Å². The highest BCUT2D eigenvalue weighted by Crippen LogP contribution is 2.29. The van der Waals surface area contributed by atoms with Gasteiger partial charge in [-0.1, -0.05) is 6.92 Å². The predicted molar refractivity (Wildman–Crippen MR) is 105 cm³/mol. The summed E-state index contributed by atoms with van der Waals surface area (Å²) in [5.41, 5.74) is 2.88. The quantitative estimate of drug-likeness (QED) is 0.761. The monoisotopic (exact) mass is 383 g/mol. The number of nitrogens with zero attached hydrogens (tertiary/aromatic N) is 3. The maximum atomic E-state index is 13.3. The molecule has 0 bridgehead atoms. The third kappa shape index (κ3) is 4.09. The topological polar surface area (TPSA) is 38.1 Å². The number of aromatic nitrogens is 2. The largest absolute Gasteiger partial charge is 0.296 e. The van der Waals surface area contributed by atoms with Crippen molar-refractivity contribution in [3.63, 3.8) is 0 Å². The van der Waals surface area contributed by atoms with Gasteiger partial charge in [0.05, 0.1) is 0 Å². The van der Waals surface area contributed by atoms with Gasteiger partial charge in [0.1, 0.15) is 0 Å². The van der Waals surface area contributed by atoms with Crippen LogP contribution in [0.1, 0.15) is 38.4 Å². The number of hydrogen-bond acceptors (Lipinski definition) is 4. The van der Waals surface area contributed by atoms with E-state index in [1.165, 1.54) is 3.97 Å². The second kappa shape index (κ2) is 7.76. The lowest BCUT2D eigenvalue weighted by Crippen LogP contribution is -2.50. The predicted octanol–water partition coefficient (Wildman–Crippen LogP) is 3.76. The molecule has 138 valence electrons. The minimum atomic E-state index is -0.653. The van der Waals surface area contributed by atoms with Gasteiger partial charge in [0.25, 0.3) is 0 Å². The molecule has 0 aliphatic carbocycles. The summed E-state index contributed by atoms with van der Waals surface area (Å²) < 4.78 is 26.4. The molecule has 0 atom stereocenters. The minimum absolute atomic E-state index is 0.0404. The number of aryl methyl sites for hydroxylation is 2. The summed E-state index contributed by atoms with van der Waals surface area (Å²) >= 11 is 0.210. The van der Waals surface area contributed by atoms with Gasteiger partial charge >= 0.3 is 0 Å². The maximum Gasteiger partial charge on any atom is 0.171 e. The van der Waals surface area contributed by atoms with E-state index in [0.29, 0.717) is 5.65 Å². The van der Waals surface area contributed by atoms with E-state index in [1.807, 2.05) is 12.3 Å². The summed E-state index contributed by atoms with van der Waals surface area (Å²) in [6.45, 7) is 8.33. The van der Waals surface area contributed by atoms with Crippen LogP contribution < -0.4 is 0 Å². The van der Waals surface area contributed by atoms with Crippen LogP contribution in [0.15, 0.2) is 18.3 Å². The lowest BCUT2D eigenvalue weighted by Gasteiger charge is -2.40. The summed E-state index contributed by atoms with van der Waals surface area (Å²) in [6, 6.07) is 4.10. The molecule has 0 N–H and O–H groups in total. The van der Waals surface area contributed by atoms with Gasteiger partial charge in [0.15, 0.2) is 18.0 Å². The molecular weight excluding hydrogens is 357 g/mol. The van der Waals surface area contributed by atoms with E-state index < -0.39 is 10.8 Å². The Morgan fingerprint density at radius 1 is 1.32 bits per heavy atom. The van der Waals surface area contributed by atoms with Crippen molar-refractivity contribution in [1.82, 2.24) is 13.9 Å². The van der Waals surface area contributed by atoms with E-state index in [-0.39, 0.29) is 17.9 Å². The molecule has 0 amide bonds. The molecule has 2 aromatic rings. The Balaban J connectivity index is 1.77. The van der Waals surface area contributed by atoms with Crippen molar-refractivity contribution in [2.75, 3.05) is 24.6 Å². The Morgan fingerprint density at radius 2 is 2.04 bits per heavy atom. The molecule has 3 heterocycles. The molecular formula is C18H26FN3OS2. The molecule has 0 unspecified atom stereocenters. The number of halogens is 1. The molecule has 1 fully saturated rings. The molecule has 0 saturated carbocycles. The van der Waals surface area contributed by atoms with Crippen molar-refractivity contribution in [2.24, 2.45) is 0 Å². The van der Waals surface area contributed by atoms with Crippen LogP contribution in [-0.4, -0.2) is 48.2 Å². The smallest absolute Gasteiger partial charge is 0.171 e. The Bertz CT molecular complexity index is 765. The van der Waals surface area contributed by atoms with Gasteiger partial charge < -0.3 is 0 Å². The Morgan fingerprint density at radius 3 is 2.68 bits per heavy atom. The highest BCUT2D eigenvalue weighted by Gasteiger charge is 2.29. The lowest BCUT2D eigenvalue weighted by molar-refractivity contribution is 0.124. The highest BCUT2D eigenvalue weighted by molar-refractivity contribution is 7.92. The first-order valence-electron chi connectivity index (χ1n) is 8.83. The van der Waals surface area contributed by atoms with Gasteiger partial charge in [0.2, 0.25) is 0 Å². The fourth-order valence-corrected chi connectivity index (χ4v) is 4.89. The lowest BCUT2D eigenvalue weighted by atomic mass is 9.93. The minimum Gasteiger partial charge on any atom is -0.296 e. The Kier molecular flexibility index (Phi) is 5.85. The first-order valence-corrected chi connectivity index (χ1v) is 11.0. The molecule has 1 aliphatic heterocycles. The first-order chi connectivity index (χ1) is 11.9. The van der Waals surface area contributed by atoms with Gasteiger partial charge in [-0.3, -0.25) is 9.11 Å². The number of hydrogen-bond donors (Lipinski definition) is 0. The number of pyridine rings is 1. The summed E-state index contributed by atoms with van der Waals surface area (Å²) in [4.78, 5) is 7.02. The van der Waals surface area contributed by atoms with Gasteiger partial charge in [-0.2, -0.15) is 0 Å². The normalized spacial score (nSPS) is 17.4. The Hall–Kier alpha value is -0.920. The molecule has 3 rings (SSSR count). The molecule has 0 aromatic carbocycles. The highest BCUT2D eigenvalue weighted by atomic mass is 32.2. The van der Waals surface area contributed by atoms with Gasteiger partial charge in [-0.25, -0.2) is 8.96 Å². The van der Waals surface area contributed by atoms with E-state index >= 15 is 0 Å². The first kappa shape index (κ1) is 18.9. The zero-order valence-corrected chi connectivity index (χ0v) is 16.8. The van der Waals surface area contributed by atoms with Gasteiger partial charge in [-0.05, 0) is 50.8 Å². The average Bonchev–Trinajstić information content (AvgIpc) is 2.97. The summed E-state index contributed by atoms with van der Waals surface area (Å²) in [6.07, 6.45) is 4.58. The summed E-state index contributed by atoms with van der Waals surface area (Å²) in [5.74, 6) is 1.54. The van der Waals surface area contributed by atoms with Crippen molar-refractivity contribution >= 4 is 34.2 Å². The molecule has 7 heteroatoms. The fourth-order valence-electron chi connectivity index (χ4n) is 3.47. The van der Waals surface area contributed by atoms with Crippen LogP contribution in [0.4, 0.5) is 3.89 Å². The van der Waals surface area contributed by atoms with Crippen molar-refractivity contribution in [3.05, 3.63) is 29.6 Å². The fraction of sp³-hybridized carbons (Fsp3) is 0.611. The van der Waals surface area contributed by atoms with E-state index in [2.05, 4.69) is 36.7 Å². The molecule has 2 aromatic heterocycles. The van der Waals surface area contributed by atoms with Crippen LogP contribution in [0.3, 0.4) is 0 Å². The zero-order chi connectivity index (χ0) is 18.0.